The first-order valence-electron chi connectivity index (χ1n) is 7.66. The largest absolute Gasteiger partial charge is 0.493 e. The van der Waals surface area contributed by atoms with Gasteiger partial charge in [-0.15, -0.1) is 0 Å². The molecular formula is C19H23FO3. The molecule has 0 amide bonds. The van der Waals surface area contributed by atoms with Gasteiger partial charge < -0.3 is 14.2 Å². The van der Waals surface area contributed by atoms with Gasteiger partial charge in [-0.1, -0.05) is 26.0 Å². The van der Waals surface area contributed by atoms with Crippen molar-refractivity contribution in [2.45, 2.75) is 19.8 Å². The molecule has 2 rings (SSSR count). The van der Waals surface area contributed by atoms with Crippen molar-refractivity contribution in [2.24, 2.45) is 0 Å². The Morgan fingerprint density at radius 1 is 1.00 bits per heavy atom. The van der Waals surface area contributed by atoms with Crippen LogP contribution < -0.4 is 9.47 Å². The second-order valence-corrected chi connectivity index (χ2v) is 5.60. The number of hydrogen-bond acceptors (Lipinski definition) is 3. The smallest absolute Gasteiger partial charge is 0.169 e. The van der Waals surface area contributed by atoms with Crippen LogP contribution in [0.1, 0.15) is 25.3 Å². The van der Waals surface area contributed by atoms with Gasteiger partial charge in [-0.25, -0.2) is 4.39 Å². The van der Waals surface area contributed by atoms with Crippen molar-refractivity contribution in [3.05, 3.63) is 47.8 Å². The molecule has 124 valence electrons. The van der Waals surface area contributed by atoms with Crippen LogP contribution in [0.3, 0.4) is 0 Å². The lowest BCUT2D eigenvalue weighted by atomic mass is 9.96. The Morgan fingerprint density at radius 3 is 2.26 bits per heavy atom. The zero-order chi connectivity index (χ0) is 16.8. The minimum Gasteiger partial charge on any atom is -0.493 e. The van der Waals surface area contributed by atoms with Crippen molar-refractivity contribution in [1.29, 1.82) is 0 Å². The van der Waals surface area contributed by atoms with Crippen LogP contribution in [0, 0.1) is 5.82 Å². The van der Waals surface area contributed by atoms with E-state index < -0.39 is 0 Å². The van der Waals surface area contributed by atoms with Gasteiger partial charge in [0.25, 0.3) is 0 Å². The fraction of sp³-hybridized carbons (Fsp3) is 0.368. The number of benzene rings is 2. The first kappa shape index (κ1) is 17.3. The quantitative estimate of drug-likeness (QED) is 0.696. The van der Waals surface area contributed by atoms with Crippen LogP contribution in [0.15, 0.2) is 36.4 Å². The van der Waals surface area contributed by atoms with Crippen molar-refractivity contribution in [3.63, 3.8) is 0 Å². The zero-order valence-corrected chi connectivity index (χ0v) is 14.1. The Bertz CT molecular complexity index is 636. The van der Waals surface area contributed by atoms with Crippen LogP contribution in [-0.4, -0.2) is 27.4 Å². The minimum atomic E-state index is -0.261. The van der Waals surface area contributed by atoms with Gasteiger partial charge in [0.2, 0.25) is 0 Å². The molecule has 2 aromatic rings. The van der Waals surface area contributed by atoms with Crippen molar-refractivity contribution in [2.75, 3.05) is 27.4 Å². The van der Waals surface area contributed by atoms with Crippen molar-refractivity contribution >= 4 is 0 Å². The van der Waals surface area contributed by atoms with Crippen molar-refractivity contribution in [1.82, 2.24) is 0 Å². The highest BCUT2D eigenvalue weighted by atomic mass is 19.1. The highest BCUT2D eigenvalue weighted by molar-refractivity contribution is 5.75. The molecule has 0 aliphatic heterocycles. The third-order valence-electron chi connectivity index (χ3n) is 3.65. The molecule has 0 fully saturated rings. The van der Waals surface area contributed by atoms with Crippen molar-refractivity contribution < 1.29 is 18.6 Å². The summed E-state index contributed by atoms with van der Waals surface area (Å²) in [6.07, 6.45) is 0. The second kappa shape index (κ2) is 7.97. The standard InChI is InChI=1S/C19H23FO3/c1-13(2)15-11-17(14-5-7-16(20)8-6-14)19(18(12-15)22-4)23-10-9-21-3/h5-8,11-13H,9-10H2,1-4H3. The Balaban J connectivity index is 2.53. The number of hydrogen-bond donors (Lipinski definition) is 0. The van der Waals surface area contributed by atoms with Gasteiger partial charge in [-0.2, -0.15) is 0 Å². The van der Waals surface area contributed by atoms with Gasteiger partial charge in [0.1, 0.15) is 12.4 Å². The fourth-order valence-corrected chi connectivity index (χ4v) is 2.33. The molecule has 3 nitrogen and oxygen atoms in total. The summed E-state index contributed by atoms with van der Waals surface area (Å²) in [4.78, 5) is 0. The lowest BCUT2D eigenvalue weighted by molar-refractivity contribution is 0.144. The number of ether oxygens (including phenoxy) is 3. The average Bonchev–Trinajstić information content (AvgIpc) is 2.55. The van der Waals surface area contributed by atoms with E-state index in [9.17, 15) is 4.39 Å². The van der Waals surface area contributed by atoms with Gasteiger partial charge in [-0.3, -0.25) is 0 Å². The fourth-order valence-electron chi connectivity index (χ4n) is 2.33. The zero-order valence-electron chi connectivity index (χ0n) is 14.1. The molecule has 0 saturated carbocycles. The van der Waals surface area contributed by atoms with Gasteiger partial charge in [0, 0.05) is 12.7 Å². The highest BCUT2D eigenvalue weighted by Crippen LogP contribution is 2.41. The van der Waals surface area contributed by atoms with E-state index >= 15 is 0 Å². The third kappa shape index (κ3) is 4.23. The summed E-state index contributed by atoms with van der Waals surface area (Å²) < 4.78 is 29.7. The maximum Gasteiger partial charge on any atom is 0.169 e. The molecule has 0 atom stereocenters. The normalized spacial score (nSPS) is 10.9. The molecule has 23 heavy (non-hydrogen) atoms. The molecule has 0 heterocycles. The Labute approximate surface area is 137 Å². The first-order chi connectivity index (χ1) is 11.1. The monoisotopic (exact) mass is 318 g/mol. The van der Waals surface area contributed by atoms with E-state index in [0.717, 1.165) is 16.7 Å². The summed E-state index contributed by atoms with van der Waals surface area (Å²) in [7, 11) is 3.25. The van der Waals surface area contributed by atoms with E-state index in [0.29, 0.717) is 30.6 Å². The van der Waals surface area contributed by atoms with Crippen LogP contribution in [0.2, 0.25) is 0 Å². The number of methoxy groups -OCH3 is 2. The molecule has 0 bridgehead atoms. The summed E-state index contributed by atoms with van der Waals surface area (Å²) in [5.41, 5.74) is 2.92. The Hall–Kier alpha value is -2.07. The molecule has 0 N–H and O–H groups in total. The van der Waals surface area contributed by atoms with Crippen LogP contribution in [0.5, 0.6) is 11.5 Å². The van der Waals surface area contributed by atoms with E-state index in [2.05, 4.69) is 19.9 Å². The highest BCUT2D eigenvalue weighted by Gasteiger charge is 2.16. The average molecular weight is 318 g/mol. The van der Waals surface area contributed by atoms with E-state index in [1.807, 2.05) is 6.07 Å². The van der Waals surface area contributed by atoms with Crippen LogP contribution in [0.4, 0.5) is 4.39 Å². The van der Waals surface area contributed by atoms with Gasteiger partial charge in [0.15, 0.2) is 11.5 Å². The van der Waals surface area contributed by atoms with Crippen LogP contribution in [0.25, 0.3) is 11.1 Å². The van der Waals surface area contributed by atoms with E-state index in [4.69, 9.17) is 14.2 Å². The number of rotatable bonds is 7. The summed E-state index contributed by atoms with van der Waals surface area (Å²) in [6, 6.07) is 10.4. The van der Waals surface area contributed by atoms with E-state index in [1.54, 1.807) is 26.4 Å². The van der Waals surface area contributed by atoms with Crippen molar-refractivity contribution in [3.8, 4) is 22.6 Å². The molecule has 2 aromatic carbocycles. The maximum atomic E-state index is 13.2. The van der Waals surface area contributed by atoms with Crippen LogP contribution >= 0.6 is 0 Å². The van der Waals surface area contributed by atoms with Gasteiger partial charge in [0.05, 0.1) is 13.7 Å². The third-order valence-corrected chi connectivity index (χ3v) is 3.65. The summed E-state index contributed by atoms with van der Waals surface area (Å²) in [5, 5.41) is 0. The number of halogens is 1. The summed E-state index contributed by atoms with van der Waals surface area (Å²) in [5.74, 6) is 1.41. The lowest BCUT2D eigenvalue weighted by Gasteiger charge is -2.18. The molecule has 0 aliphatic rings. The topological polar surface area (TPSA) is 27.7 Å². The summed E-state index contributed by atoms with van der Waals surface area (Å²) >= 11 is 0. The molecule has 0 aromatic heterocycles. The minimum absolute atomic E-state index is 0.261. The molecule has 0 radical (unpaired) electrons. The predicted octanol–water partition coefficient (Wildman–Crippen LogP) is 4.65. The van der Waals surface area contributed by atoms with Gasteiger partial charge in [-0.05, 0) is 41.3 Å². The molecule has 0 aliphatic carbocycles. The molecule has 0 unspecified atom stereocenters. The summed E-state index contributed by atoms with van der Waals surface area (Å²) in [6.45, 7) is 5.14. The Kier molecular flexibility index (Phi) is 5.99. The second-order valence-electron chi connectivity index (χ2n) is 5.60. The molecular weight excluding hydrogens is 295 g/mol. The molecule has 0 saturated heterocycles. The first-order valence-corrected chi connectivity index (χ1v) is 7.66. The lowest BCUT2D eigenvalue weighted by Crippen LogP contribution is -2.07. The predicted molar refractivity (Wildman–Crippen MR) is 89.8 cm³/mol. The van der Waals surface area contributed by atoms with Crippen LogP contribution in [-0.2, 0) is 4.74 Å². The van der Waals surface area contributed by atoms with E-state index in [1.165, 1.54) is 12.1 Å². The maximum absolute atomic E-state index is 13.2. The Morgan fingerprint density at radius 2 is 1.70 bits per heavy atom. The van der Waals surface area contributed by atoms with Gasteiger partial charge >= 0.3 is 0 Å². The molecule has 0 spiro atoms. The molecule has 4 heteroatoms. The SMILES string of the molecule is COCCOc1c(OC)cc(C(C)C)cc1-c1ccc(F)cc1. The van der Waals surface area contributed by atoms with E-state index in [-0.39, 0.29) is 5.82 Å².